The number of aromatic nitrogens is 3. The van der Waals surface area contributed by atoms with Crippen LogP contribution in [0, 0.1) is 0 Å². The molecule has 0 saturated heterocycles. The minimum Gasteiger partial charge on any atom is -0.202 e. The second-order valence-electron chi connectivity index (χ2n) is 4.89. The first-order chi connectivity index (χ1) is 10.7. The summed E-state index contributed by atoms with van der Waals surface area (Å²) < 4.78 is 1.03. The maximum atomic E-state index is 4.47. The summed E-state index contributed by atoms with van der Waals surface area (Å²) in [6.45, 7) is 0. The van der Waals surface area contributed by atoms with Crippen LogP contribution in [0.5, 0.6) is 0 Å². The van der Waals surface area contributed by atoms with Gasteiger partial charge in [-0.3, -0.25) is 0 Å². The van der Waals surface area contributed by atoms with Gasteiger partial charge in [0.15, 0.2) is 5.82 Å². The third-order valence-electron chi connectivity index (χ3n) is 3.58. The molecule has 0 fully saturated rings. The molecule has 0 aliphatic carbocycles. The predicted molar refractivity (Wildman–Crippen MR) is 95.7 cm³/mol. The summed E-state index contributed by atoms with van der Waals surface area (Å²) in [5.41, 5.74) is 1.03. The number of benzene rings is 3. The number of nitrogens with zero attached hydrogens (tertiary/aromatic N) is 3. The van der Waals surface area contributed by atoms with Gasteiger partial charge in [-0.1, -0.05) is 48.5 Å². The predicted octanol–water partition coefficient (Wildman–Crippen LogP) is 5.37. The molecule has 0 saturated carbocycles. The van der Waals surface area contributed by atoms with Crippen LogP contribution in [0.15, 0.2) is 64.1 Å². The van der Waals surface area contributed by atoms with E-state index in [0.29, 0.717) is 15.3 Å². The van der Waals surface area contributed by atoms with E-state index < -0.39 is 0 Å². The molecular weight excluding hydrogens is 406 g/mol. The van der Waals surface area contributed by atoms with Crippen LogP contribution in [-0.4, -0.2) is 15.0 Å². The molecule has 0 bridgehead atoms. The molecule has 0 atom stereocenters. The van der Waals surface area contributed by atoms with Crippen molar-refractivity contribution in [3.8, 4) is 11.4 Å². The average Bonchev–Trinajstić information content (AvgIpc) is 2.51. The van der Waals surface area contributed by atoms with E-state index in [-0.39, 0.29) is 0 Å². The molecule has 0 radical (unpaired) electrons. The van der Waals surface area contributed by atoms with Gasteiger partial charge in [-0.05, 0) is 59.5 Å². The molecule has 0 aliphatic heterocycles. The second-order valence-corrected chi connectivity index (χ2v) is 6.31. The van der Waals surface area contributed by atoms with Gasteiger partial charge in [0.05, 0.1) is 0 Å². The average molecular weight is 415 g/mol. The summed E-state index contributed by atoms with van der Waals surface area (Å²) in [4.78, 5) is 13.1. The first kappa shape index (κ1) is 13.8. The molecule has 0 unspecified atom stereocenters. The highest BCUT2D eigenvalue weighted by atomic mass is 79.9. The Labute approximate surface area is 143 Å². The van der Waals surface area contributed by atoms with Crippen LogP contribution in [0.4, 0.5) is 0 Å². The maximum Gasteiger partial charge on any atom is 0.201 e. The van der Waals surface area contributed by atoms with Crippen molar-refractivity contribution in [1.82, 2.24) is 15.0 Å². The monoisotopic (exact) mass is 413 g/mol. The first-order valence-electron chi connectivity index (χ1n) is 6.70. The quantitative estimate of drug-likeness (QED) is 0.393. The van der Waals surface area contributed by atoms with Gasteiger partial charge in [-0.2, -0.15) is 4.98 Å². The zero-order valence-corrected chi connectivity index (χ0v) is 14.5. The van der Waals surface area contributed by atoms with Crippen molar-refractivity contribution in [2.45, 2.75) is 0 Å². The number of halogens is 2. The van der Waals surface area contributed by atoms with Gasteiger partial charge in [0.25, 0.3) is 0 Å². The standard InChI is InChI=1S/C17H9Br2N3/c18-16-20-15(21-17(19)22-16)14-12-7-3-1-5-10(12)9-11-6-2-4-8-13(11)14/h1-9H. The minimum absolute atomic E-state index is 0.515. The van der Waals surface area contributed by atoms with E-state index in [4.69, 9.17) is 0 Å². The SMILES string of the molecule is Brc1nc(Br)nc(-c2c3ccccc3cc3ccccc23)n1. The molecule has 0 amide bonds. The van der Waals surface area contributed by atoms with Gasteiger partial charge in [-0.25, -0.2) is 9.97 Å². The van der Waals surface area contributed by atoms with Gasteiger partial charge in [-0.15, -0.1) is 0 Å². The smallest absolute Gasteiger partial charge is 0.201 e. The Morgan fingerprint density at radius 2 is 1.14 bits per heavy atom. The first-order valence-corrected chi connectivity index (χ1v) is 8.29. The Bertz CT molecular complexity index is 941. The topological polar surface area (TPSA) is 38.7 Å². The lowest BCUT2D eigenvalue weighted by molar-refractivity contribution is 0.987. The molecule has 0 aliphatic rings. The van der Waals surface area contributed by atoms with E-state index in [1.165, 1.54) is 10.8 Å². The molecule has 106 valence electrons. The van der Waals surface area contributed by atoms with Crippen LogP contribution >= 0.6 is 31.9 Å². The fourth-order valence-electron chi connectivity index (χ4n) is 2.69. The summed E-state index contributed by atoms with van der Waals surface area (Å²) in [6, 6.07) is 18.8. The second kappa shape index (κ2) is 5.41. The van der Waals surface area contributed by atoms with Gasteiger partial charge >= 0.3 is 0 Å². The van der Waals surface area contributed by atoms with Gasteiger partial charge in [0.1, 0.15) is 0 Å². The van der Waals surface area contributed by atoms with Crippen LogP contribution in [0.2, 0.25) is 0 Å². The van der Waals surface area contributed by atoms with Gasteiger partial charge in [0.2, 0.25) is 9.47 Å². The van der Waals surface area contributed by atoms with Crippen molar-refractivity contribution >= 4 is 53.4 Å². The van der Waals surface area contributed by atoms with E-state index in [0.717, 1.165) is 16.3 Å². The number of hydrogen-bond acceptors (Lipinski definition) is 3. The Hall–Kier alpha value is -1.85. The summed E-state index contributed by atoms with van der Waals surface area (Å²) in [6.07, 6.45) is 0. The van der Waals surface area contributed by atoms with Crippen LogP contribution < -0.4 is 0 Å². The van der Waals surface area contributed by atoms with E-state index in [1.807, 2.05) is 24.3 Å². The molecule has 3 nitrogen and oxygen atoms in total. The number of hydrogen-bond donors (Lipinski definition) is 0. The number of fused-ring (bicyclic) bond motifs is 2. The van der Waals surface area contributed by atoms with Crippen molar-refractivity contribution in [1.29, 1.82) is 0 Å². The van der Waals surface area contributed by atoms with Crippen LogP contribution in [-0.2, 0) is 0 Å². The molecule has 1 heterocycles. The van der Waals surface area contributed by atoms with E-state index in [9.17, 15) is 0 Å². The Balaban J connectivity index is 2.21. The fourth-order valence-corrected chi connectivity index (χ4v) is 3.60. The van der Waals surface area contributed by atoms with Crippen LogP contribution in [0.3, 0.4) is 0 Å². The Kier molecular flexibility index (Phi) is 3.39. The van der Waals surface area contributed by atoms with Gasteiger partial charge < -0.3 is 0 Å². The lowest BCUT2D eigenvalue weighted by Crippen LogP contribution is -1.96. The summed E-state index contributed by atoms with van der Waals surface area (Å²) in [7, 11) is 0. The van der Waals surface area contributed by atoms with Crippen LogP contribution in [0.1, 0.15) is 0 Å². The highest BCUT2D eigenvalue weighted by Gasteiger charge is 2.13. The zero-order chi connectivity index (χ0) is 15.1. The van der Waals surface area contributed by atoms with Crippen molar-refractivity contribution in [3.63, 3.8) is 0 Å². The van der Waals surface area contributed by atoms with Gasteiger partial charge in [0, 0.05) is 5.56 Å². The normalized spacial score (nSPS) is 11.2. The summed E-state index contributed by atoms with van der Waals surface area (Å²) >= 11 is 6.69. The van der Waals surface area contributed by atoms with Crippen molar-refractivity contribution in [3.05, 3.63) is 64.1 Å². The largest absolute Gasteiger partial charge is 0.202 e. The molecule has 4 aromatic rings. The fraction of sp³-hybridized carbons (Fsp3) is 0. The lowest BCUT2D eigenvalue weighted by Gasteiger charge is -2.10. The molecule has 3 aromatic carbocycles. The highest BCUT2D eigenvalue weighted by Crippen LogP contribution is 2.35. The number of rotatable bonds is 1. The Morgan fingerprint density at radius 1 is 0.636 bits per heavy atom. The maximum absolute atomic E-state index is 4.47. The van der Waals surface area contributed by atoms with E-state index in [1.54, 1.807) is 0 Å². The van der Waals surface area contributed by atoms with Crippen molar-refractivity contribution < 1.29 is 0 Å². The van der Waals surface area contributed by atoms with Crippen molar-refractivity contribution in [2.24, 2.45) is 0 Å². The molecular formula is C17H9Br2N3. The zero-order valence-electron chi connectivity index (χ0n) is 11.3. The molecule has 4 rings (SSSR count). The lowest BCUT2D eigenvalue weighted by atomic mass is 9.96. The molecule has 1 aromatic heterocycles. The molecule has 0 N–H and O–H groups in total. The van der Waals surface area contributed by atoms with Crippen molar-refractivity contribution in [2.75, 3.05) is 0 Å². The van der Waals surface area contributed by atoms with Crippen LogP contribution in [0.25, 0.3) is 32.9 Å². The molecule has 22 heavy (non-hydrogen) atoms. The van der Waals surface area contributed by atoms with E-state index >= 15 is 0 Å². The third kappa shape index (κ3) is 2.30. The Morgan fingerprint density at radius 3 is 1.68 bits per heavy atom. The highest BCUT2D eigenvalue weighted by molar-refractivity contribution is 9.11. The molecule has 5 heteroatoms. The minimum atomic E-state index is 0.515. The van der Waals surface area contributed by atoms with E-state index in [2.05, 4.69) is 77.1 Å². The third-order valence-corrected chi connectivity index (χ3v) is 4.28. The molecule has 0 spiro atoms. The summed E-state index contributed by atoms with van der Waals surface area (Å²) in [5, 5.41) is 4.60. The summed E-state index contributed by atoms with van der Waals surface area (Å²) in [5.74, 6) is 0.654.